The second-order valence-corrected chi connectivity index (χ2v) is 8.62. The van der Waals surface area contributed by atoms with Gasteiger partial charge in [-0.1, -0.05) is 30.3 Å². The third kappa shape index (κ3) is 3.66. The molecule has 4 aromatic rings. The fourth-order valence-corrected chi connectivity index (χ4v) is 4.56. The first kappa shape index (κ1) is 20.4. The van der Waals surface area contributed by atoms with Gasteiger partial charge in [0, 0.05) is 54.2 Å². The molecule has 0 aliphatic carbocycles. The third-order valence-electron chi connectivity index (χ3n) is 6.69. The van der Waals surface area contributed by atoms with Crippen molar-refractivity contribution in [1.29, 1.82) is 0 Å². The maximum absolute atomic E-state index is 12.9. The van der Waals surface area contributed by atoms with E-state index in [2.05, 4.69) is 18.0 Å². The number of amides is 2. The highest BCUT2D eigenvalue weighted by Gasteiger charge is 2.25. The zero-order valence-electron chi connectivity index (χ0n) is 18.5. The number of H-pyrrole nitrogens is 1. The van der Waals surface area contributed by atoms with Crippen molar-refractivity contribution in [3.8, 4) is 0 Å². The lowest BCUT2D eigenvalue weighted by Crippen LogP contribution is -2.51. The summed E-state index contributed by atoms with van der Waals surface area (Å²) in [7, 11) is 0. The molecule has 32 heavy (non-hydrogen) atoms. The molecule has 1 fully saturated rings. The molecular formula is C26H27N3O3. The van der Waals surface area contributed by atoms with Crippen molar-refractivity contribution in [3.63, 3.8) is 0 Å². The fraction of sp³-hybridized carbons (Fsp3) is 0.308. The molecule has 1 aliphatic rings. The van der Waals surface area contributed by atoms with E-state index in [0.29, 0.717) is 39.0 Å². The molecule has 0 bridgehead atoms. The van der Waals surface area contributed by atoms with Crippen LogP contribution in [-0.2, 0) is 22.4 Å². The summed E-state index contributed by atoms with van der Waals surface area (Å²) in [5.74, 6) is 0.184. The molecule has 1 aliphatic heterocycles. The van der Waals surface area contributed by atoms with Crippen LogP contribution >= 0.6 is 0 Å². The van der Waals surface area contributed by atoms with Gasteiger partial charge in [0.15, 0.2) is 0 Å². The highest BCUT2D eigenvalue weighted by Crippen LogP contribution is 2.27. The largest absolute Gasteiger partial charge is 0.464 e. The van der Waals surface area contributed by atoms with Gasteiger partial charge in [0.25, 0.3) is 0 Å². The number of aromatic amines is 1. The molecule has 1 saturated heterocycles. The van der Waals surface area contributed by atoms with Crippen LogP contribution in [0.3, 0.4) is 0 Å². The van der Waals surface area contributed by atoms with Gasteiger partial charge in [0.05, 0.1) is 19.1 Å². The van der Waals surface area contributed by atoms with Crippen LogP contribution in [0.4, 0.5) is 0 Å². The summed E-state index contributed by atoms with van der Waals surface area (Å²) < 4.78 is 5.75. The monoisotopic (exact) mass is 429 g/mol. The van der Waals surface area contributed by atoms with Gasteiger partial charge in [0.1, 0.15) is 5.58 Å². The molecule has 164 valence electrons. The normalized spacial score (nSPS) is 14.4. The Balaban J connectivity index is 1.20. The molecule has 6 heteroatoms. The minimum atomic E-state index is 0.0784. The van der Waals surface area contributed by atoms with Crippen LogP contribution in [0.1, 0.15) is 22.3 Å². The number of piperazine rings is 1. The maximum Gasteiger partial charge on any atom is 0.227 e. The second kappa shape index (κ2) is 8.19. The average Bonchev–Trinajstić information content (AvgIpc) is 3.41. The first-order chi connectivity index (χ1) is 15.5. The maximum atomic E-state index is 12.9. The van der Waals surface area contributed by atoms with Crippen LogP contribution in [0.2, 0.25) is 0 Å². The molecule has 0 unspecified atom stereocenters. The summed E-state index contributed by atoms with van der Waals surface area (Å²) >= 11 is 0. The van der Waals surface area contributed by atoms with E-state index in [1.807, 2.05) is 53.3 Å². The third-order valence-corrected chi connectivity index (χ3v) is 6.69. The van der Waals surface area contributed by atoms with Crippen LogP contribution < -0.4 is 0 Å². The van der Waals surface area contributed by atoms with Crippen LogP contribution in [0.25, 0.3) is 21.9 Å². The molecule has 2 aromatic heterocycles. The highest BCUT2D eigenvalue weighted by molar-refractivity contribution is 5.90. The molecule has 2 amide bonds. The second-order valence-electron chi connectivity index (χ2n) is 8.62. The van der Waals surface area contributed by atoms with E-state index in [1.165, 1.54) is 5.56 Å². The predicted molar refractivity (Wildman–Crippen MR) is 125 cm³/mol. The number of furan rings is 1. The number of fused-ring (bicyclic) bond motifs is 2. The Morgan fingerprint density at radius 3 is 2.25 bits per heavy atom. The SMILES string of the molecule is Cc1ccc2c(CC(=O)N3CCN(C(=O)Cc4c[nH]c5ccccc45)CC3)coc2c1C. The zero-order chi connectivity index (χ0) is 22.2. The molecule has 1 N–H and O–H groups in total. The smallest absolute Gasteiger partial charge is 0.227 e. The molecule has 6 nitrogen and oxygen atoms in total. The first-order valence-electron chi connectivity index (χ1n) is 11.1. The summed E-state index contributed by atoms with van der Waals surface area (Å²) in [5, 5.41) is 2.10. The van der Waals surface area contributed by atoms with Crippen molar-refractivity contribution in [2.24, 2.45) is 0 Å². The van der Waals surface area contributed by atoms with Crippen molar-refractivity contribution in [2.45, 2.75) is 26.7 Å². The fourth-order valence-electron chi connectivity index (χ4n) is 4.56. The summed E-state index contributed by atoms with van der Waals surface area (Å²) in [4.78, 5) is 32.7. The first-order valence-corrected chi connectivity index (χ1v) is 11.1. The average molecular weight is 430 g/mol. The Hall–Kier alpha value is -3.54. The summed E-state index contributed by atoms with van der Waals surface area (Å²) in [6, 6.07) is 12.1. The molecule has 3 heterocycles. The molecule has 0 saturated carbocycles. The van der Waals surface area contributed by atoms with Crippen molar-refractivity contribution in [1.82, 2.24) is 14.8 Å². The number of rotatable bonds is 4. The van der Waals surface area contributed by atoms with Crippen LogP contribution in [-0.4, -0.2) is 52.8 Å². The van der Waals surface area contributed by atoms with Crippen molar-refractivity contribution in [2.75, 3.05) is 26.2 Å². The lowest BCUT2D eigenvalue weighted by Gasteiger charge is -2.35. The number of carbonyl (C=O) groups is 2. The van der Waals surface area contributed by atoms with Crippen molar-refractivity contribution >= 4 is 33.7 Å². The number of nitrogens with zero attached hydrogens (tertiary/aromatic N) is 2. The van der Waals surface area contributed by atoms with Gasteiger partial charge < -0.3 is 19.2 Å². The Morgan fingerprint density at radius 2 is 1.53 bits per heavy atom. The number of nitrogens with one attached hydrogen (secondary N) is 1. The quantitative estimate of drug-likeness (QED) is 0.533. The zero-order valence-corrected chi connectivity index (χ0v) is 18.5. The topological polar surface area (TPSA) is 69.6 Å². The number of hydrogen-bond donors (Lipinski definition) is 1. The van der Waals surface area contributed by atoms with Crippen LogP contribution in [0.15, 0.2) is 53.3 Å². The minimum absolute atomic E-state index is 0.0784. The summed E-state index contributed by atoms with van der Waals surface area (Å²) in [5.41, 5.74) is 6.14. The number of para-hydroxylation sites is 1. The number of aryl methyl sites for hydroxylation is 2. The van der Waals surface area contributed by atoms with Gasteiger partial charge in [0.2, 0.25) is 11.8 Å². The van der Waals surface area contributed by atoms with E-state index in [4.69, 9.17) is 4.42 Å². The van der Waals surface area contributed by atoms with Crippen LogP contribution in [0.5, 0.6) is 0 Å². The van der Waals surface area contributed by atoms with Crippen molar-refractivity contribution in [3.05, 3.63) is 71.1 Å². The molecular weight excluding hydrogens is 402 g/mol. The van der Waals surface area contributed by atoms with E-state index < -0.39 is 0 Å². The van der Waals surface area contributed by atoms with E-state index in [0.717, 1.165) is 38.6 Å². The molecule has 0 spiro atoms. The van der Waals surface area contributed by atoms with Gasteiger partial charge in [-0.15, -0.1) is 0 Å². The Morgan fingerprint density at radius 1 is 0.875 bits per heavy atom. The highest BCUT2D eigenvalue weighted by atomic mass is 16.3. The Labute approximate surface area is 186 Å². The Bertz CT molecular complexity index is 1310. The molecule has 0 atom stereocenters. The van der Waals surface area contributed by atoms with Crippen molar-refractivity contribution < 1.29 is 14.0 Å². The molecule has 5 rings (SSSR count). The predicted octanol–water partition coefficient (Wildman–Crippen LogP) is 3.99. The summed E-state index contributed by atoms with van der Waals surface area (Å²) in [6.45, 7) is 6.36. The minimum Gasteiger partial charge on any atom is -0.464 e. The van der Waals surface area contributed by atoms with Gasteiger partial charge in [-0.2, -0.15) is 0 Å². The van der Waals surface area contributed by atoms with Gasteiger partial charge in [-0.3, -0.25) is 9.59 Å². The number of benzene rings is 2. The summed E-state index contributed by atoms with van der Waals surface area (Å²) in [6.07, 6.45) is 4.31. The molecule has 2 aromatic carbocycles. The standard InChI is InChI=1S/C26H27N3O3/c1-17-7-8-22-20(16-32-26(22)18(17)2)14-25(31)29-11-9-28(10-12-29)24(30)13-19-15-27-23-6-4-3-5-21(19)23/h3-8,15-16,27H,9-14H2,1-2H3. The number of hydrogen-bond acceptors (Lipinski definition) is 3. The Kier molecular flexibility index (Phi) is 5.21. The lowest BCUT2D eigenvalue weighted by molar-refractivity contribution is -0.138. The van der Waals surface area contributed by atoms with Gasteiger partial charge in [-0.25, -0.2) is 0 Å². The van der Waals surface area contributed by atoms with E-state index in [1.54, 1.807) is 6.26 Å². The number of aromatic nitrogens is 1. The van der Waals surface area contributed by atoms with E-state index >= 15 is 0 Å². The number of carbonyl (C=O) groups excluding carboxylic acids is 2. The molecule has 0 radical (unpaired) electrons. The van der Waals surface area contributed by atoms with Gasteiger partial charge >= 0.3 is 0 Å². The lowest BCUT2D eigenvalue weighted by atomic mass is 10.0. The van der Waals surface area contributed by atoms with E-state index in [-0.39, 0.29) is 11.8 Å². The van der Waals surface area contributed by atoms with Crippen LogP contribution in [0, 0.1) is 13.8 Å². The van der Waals surface area contributed by atoms with Gasteiger partial charge in [-0.05, 0) is 36.6 Å². The van der Waals surface area contributed by atoms with E-state index in [9.17, 15) is 9.59 Å².